The summed E-state index contributed by atoms with van der Waals surface area (Å²) >= 11 is 0. The van der Waals surface area contributed by atoms with E-state index < -0.39 is 0 Å². The summed E-state index contributed by atoms with van der Waals surface area (Å²) in [7, 11) is 0. The van der Waals surface area contributed by atoms with Gasteiger partial charge in [-0.15, -0.1) is 10.2 Å². The fraction of sp³-hybridized carbons (Fsp3) is 0.542. The summed E-state index contributed by atoms with van der Waals surface area (Å²) in [6.07, 6.45) is 5.83. The van der Waals surface area contributed by atoms with Crippen molar-refractivity contribution in [3.63, 3.8) is 0 Å². The number of carbonyl (C=O) groups excluding carboxylic acids is 1. The molecule has 0 spiro atoms. The Kier molecular flexibility index (Phi) is 6.95. The Balaban J connectivity index is 1.29. The van der Waals surface area contributed by atoms with Crippen LogP contribution in [0.5, 0.6) is 0 Å². The first-order chi connectivity index (χ1) is 14.7. The van der Waals surface area contributed by atoms with E-state index in [1.54, 1.807) is 0 Å². The number of benzene rings is 1. The third-order valence-corrected chi connectivity index (χ3v) is 6.48. The molecule has 1 amide bonds. The number of nitrogens with zero attached hydrogens (tertiary/aromatic N) is 4. The Bertz CT molecular complexity index is 810. The van der Waals surface area contributed by atoms with Crippen LogP contribution in [-0.2, 0) is 4.79 Å². The average Bonchev–Trinajstić information content (AvgIpc) is 2.81. The minimum Gasteiger partial charge on any atom is -0.355 e. The van der Waals surface area contributed by atoms with E-state index in [9.17, 15) is 4.79 Å². The van der Waals surface area contributed by atoms with Crippen LogP contribution in [0.15, 0.2) is 42.5 Å². The number of carbonyl (C=O) groups is 1. The zero-order chi connectivity index (χ0) is 20.8. The van der Waals surface area contributed by atoms with Crippen LogP contribution in [0.1, 0.15) is 39.0 Å². The highest BCUT2D eigenvalue weighted by Gasteiger charge is 2.27. The van der Waals surface area contributed by atoms with Crippen molar-refractivity contribution in [1.82, 2.24) is 20.4 Å². The molecule has 1 aromatic heterocycles. The minimum atomic E-state index is 0.0214. The van der Waals surface area contributed by atoms with Crippen LogP contribution in [0.3, 0.4) is 0 Å². The quantitative estimate of drug-likeness (QED) is 0.796. The van der Waals surface area contributed by atoms with Gasteiger partial charge >= 0.3 is 0 Å². The molecule has 4 rings (SSSR count). The van der Waals surface area contributed by atoms with E-state index in [-0.39, 0.29) is 11.8 Å². The number of rotatable bonds is 6. The number of anilines is 1. The van der Waals surface area contributed by atoms with Gasteiger partial charge in [0.25, 0.3) is 0 Å². The monoisotopic (exact) mass is 407 g/mol. The Morgan fingerprint density at radius 3 is 2.67 bits per heavy atom. The maximum absolute atomic E-state index is 12.7. The molecule has 0 radical (unpaired) electrons. The van der Waals surface area contributed by atoms with E-state index in [2.05, 4.69) is 32.2 Å². The van der Waals surface area contributed by atoms with Crippen LogP contribution in [0.2, 0.25) is 0 Å². The van der Waals surface area contributed by atoms with E-state index >= 15 is 0 Å². The molecule has 2 saturated heterocycles. The van der Waals surface area contributed by atoms with Crippen LogP contribution >= 0.6 is 0 Å². The molecule has 0 saturated carbocycles. The fourth-order valence-corrected chi connectivity index (χ4v) is 4.61. The van der Waals surface area contributed by atoms with Crippen LogP contribution in [0.4, 0.5) is 5.82 Å². The molecule has 3 heterocycles. The SMILES string of the molecule is C[C@H]1CCCCN1CCNC(=O)[C@@H]1CCCN(c2ccc(-c3ccccc3)nn2)C1. The number of aromatic nitrogens is 2. The lowest BCUT2D eigenvalue weighted by atomic mass is 9.97. The molecule has 1 aromatic carbocycles. The molecule has 6 heteroatoms. The zero-order valence-corrected chi connectivity index (χ0v) is 18.0. The van der Waals surface area contributed by atoms with Gasteiger partial charge in [-0.05, 0) is 51.3 Å². The third kappa shape index (κ3) is 5.17. The van der Waals surface area contributed by atoms with E-state index in [0.717, 1.165) is 56.1 Å². The fourth-order valence-electron chi connectivity index (χ4n) is 4.61. The second kappa shape index (κ2) is 10.0. The lowest BCUT2D eigenvalue weighted by Gasteiger charge is -2.34. The number of piperidine rings is 2. The highest BCUT2D eigenvalue weighted by molar-refractivity contribution is 5.79. The predicted octanol–water partition coefficient (Wildman–Crippen LogP) is 3.35. The predicted molar refractivity (Wildman–Crippen MR) is 120 cm³/mol. The van der Waals surface area contributed by atoms with Gasteiger partial charge in [-0.25, -0.2) is 0 Å². The number of hydrogen-bond donors (Lipinski definition) is 1. The maximum atomic E-state index is 12.7. The molecule has 0 aliphatic carbocycles. The summed E-state index contributed by atoms with van der Waals surface area (Å²) in [4.78, 5) is 17.4. The van der Waals surface area contributed by atoms with Gasteiger partial charge < -0.3 is 10.2 Å². The topological polar surface area (TPSA) is 61.4 Å². The molecule has 2 fully saturated rings. The van der Waals surface area contributed by atoms with Crippen LogP contribution in [-0.4, -0.2) is 59.8 Å². The van der Waals surface area contributed by atoms with Crippen LogP contribution < -0.4 is 10.2 Å². The Morgan fingerprint density at radius 1 is 1.03 bits per heavy atom. The lowest BCUT2D eigenvalue weighted by Crippen LogP contribution is -2.46. The van der Waals surface area contributed by atoms with Gasteiger partial charge in [0, 0.05) is 37.8 Å². The van der Waals surface area contributed by atoms with E-state index in [1.807, 2.05) is 42.5 Å². The smallest absolute Gasteiger partial charge is 0.224 e. The molecule has 1 N–H and O–H groups in total. The number of hydrogen-bond acceptors (Lipinski definition) is 5. The Hall–Kier alpha value is -2.47. The van der Waals surface area contributed by atoms with Gasteiger partial charge in [0.2, 0.25) is 5.91 Å². The molecule has 2 aromatic rings. The van der Waals surface area contributed by atoms with E-state index in [4.69, 9.17) is 0 Å². The molecule has 160 valence electrons. The number of likely N-dealkylation sites (tertiary alicyclic amines) is 1. The summed E-state index contributed by atoms with van der Waals surface area (Å²) in [5.74, 6) is 1.06. The van der Waals surface area contributed by atoms with Crippen LogP contribution in [0, 0.1) is 5.92 Å². The summed E-state index contributed by atoms with van der Waals surface area (Å²) in [6, 6.07) is 14.8. The summed E-state index contributed by atoms with van der Waals surface area (Å²) in [5, 5.41) is 12.0. The average molecular weight is 408 g/mol. The van der Waals surface area contributed by atoms with E-state index in [1.165, 1.54) is 19.3 Å². The van der Waals surface area contributed by atoms with Gasteiger partial charge in [0.15, 0.2) is 5.82 Å². The van der Waals surface area contributed by atoms with Crippen molar-refractivity contribution < 1.29 is 4.79 Å². The molecule has 6 nitrogen and oxygen atoms in total. The molecule has 2 aliphatic rings. The van der Waals surface area contributed by atoms with Gasteiger partial charge in [-0.1, -0.05) is 36.8 Å². The van der Waals surface area contributed by atoms with Crippen molar-refractivity contribution in [2.75, 3.05) is 37.6 Å². The van der Waals surface area contributed by atoms with Gasteiger partial charge in [-0.3, -0.25) is 9.69 Å². The summed E-state index contributed by atoms with van der Waals surface area (Å²) < 4.78 is 0. The van der Waals surface area contributed by atoms with Crippen molar-refractivity contribution in [3.05, 3.63) is 42.5 Å². The zero-order valence-electron chi connectivity index (χ0n) is 18.0. The van der Waals surface area contributed by atoms with Crippen LogP contribution in [0.25, 0.3) is 11.3 Å². The molecular formula is C24H33N5O. The van der Waals surface area contributed by atoms with Crippen molar-refractivity contribution >= 4 is 11.7 Å². The number of nitrogens with one attached hydrogen (secondary N) is 1. The lowest BCUT2D eigenvalue weighted by molar-refractivity contribution is -0.125. The first-order valence-corrected chi connectivity index (χ1v) is 11.4. The molecule has 2 aliphatic heterocycles. The van der Waals surface area contributed by atoms with Crippen molar-refractivity contribution in [2.45, 2.75) is 45.1 Å². The molecular weight excluding hydrogens is 374 g/mol. The first-order valence-electron chi connectivity index (χ1n) is 11.4. The van der Waals surface area contributed by atoms with Crippen molar-refractivity contribution in [3.8, 4) is 11.3 Å². The summed E-state index contributed by atoms with van der Waals surface area (Å²) in [5.41, 5.74) is 1.94. The third-order valence-electron chi connectivity index (χ3n) is 6.48. The van der Waals surface area contributed by atoms with Crippen molar-refractivity contribution in [2.24, 2.45) is 5.92 Å². The maximum Gasteiger partial charge on any atom is 0.224 e. The van der Waals surface area contributed by atoms with Gasteiger partial charge in [-0.2, -0.15) is 0 Å². The summed E-state index contributed by atoms with van der Waals surface area (Å²) in [6.45, 7) is 6.79. The second-order valence-electron chi connectivity index (χ2n) is 8.60. The first kappa shape index (κ1) is 20.8. The van der Waals surface area contributed by atoms with Crippen molar-refractivity contribution in [1.29, 1.82) is 0 Å². The number of amides is 1. The molecule has 2 atom stereocenters. The molecule has 0 bridgehead atoms. The minimum absolute atomic E-state index is 0.0214. The standard InChI is InChI=1S/C24H33N5O/c1-19-8-5-6-15-28(19)17-14-25-24(30)21-11-7-16-29(18-21)23-13-12-22(26-27-23)20-9-3-2-4-10-20/h2-4,9-10,12-13,19,21H,5-8,11,14-18H2,1H3,(H,25,30)/t19-,21+/m0/s1. The molecule has 30 heavy (non-hydrogen) atoms. The highest BCUT2D eigenvalue weighted by atomic mass is 16.1. The Morgan fingerprint density at radius 2 is 1.90 bits per heavy atom. The van der Waals surface area contributed by atoms with Gasteiger partial charge in [0.1, 0.15) is 0 Å². The molecule has 0 unspecified atom stereocenters. The Labute approximate surface area is 179 Å². The largest absolute Gasteiger partial charge is 0.355 e. The van der Waals surface area contributed by atoms with Gasteiger partial charge in [0.05, 0.1) is 11.6 Å². The second-order valence-corrected chi connectivity index (χ2v) is 8.60. The van der Waals surface area contributed by atoms with E-state index in [0.29, 0.717) is 12.6 Å². The highest BCUT2D eigenvalue weighted by Crippen LogP contribution is 2.23. The normalized spacial score (nSPS) is 22.6.